The summed E-state index contributed by atoms with van der Waals surface area (Å²) in [4.78, 5) is 2.65. The van der Waals surface area contributed by atoms with Crippen LogP contribution in [0.1, 0.15) is 49.3 Å². The van der Waals surface area contributed by atoms with E-state index in [4.69, 9.17) is 0 Å². The van der Waals surface area contributed by atoms with E-state index in [-0.39, 0.29) is 0 Å². The zero-order valence-electron chi connectivity index (χ0n) is 13.4. The summed E-state index contributed by atoms with van der Waals surface area (Å²) >= 11 is 0. The molecule has 2 heteroatoms. The van der Waals surface area contributed by atoms with Crippen LogP contribution in [-0.2, 0) is 6.54 Å². The summed E-state index contributed by atoms with van der Waals surface area (Å²) < 4.78 is 0. The Morgan fingerprint density at radius 3 is 2.80 bits per heavy atom. The summed E-state index contributed by atoms with van der Waals surface area (Å²) in [5.74, 6) is 0. The van der Waals surface area contributed by atoms with Crippen molar-refractivity contribution in [3.63, 3.8) is 0 Å². The Morgan fingerprint density at radius 2 is 2.05 bits per heavy atom. The molecule has 1 N–H and O–H groups in total. The standard InChI is InChI=1S/C18H30N2/c1-15-8-9-18(13-16(15)2)14-19-10-6-12-20-11-5-4-7-17(20)3/h8-9,13,17,19H,4-7,10-12,14H2,1-3H3. The van der Waals surface area contributed by atoms with Gasteiger partial charge in [-0.15, -0.1) is 0 Å². The molecular formula is C18H30N2. The minimum Gasteiger partial charge on any atom is -0.313 e. The molecule has 1 aromatic rings. The van der Waals surface area contributed by atoms with Crippen LogP contribution in [-0.4, -0.2) is 30.6 Å². The van der Waals surface area contributed by atoms with Gasteiger partial charge in [0.1, 0.15) is 0 Å². The monoisotopic (exact) mass is 274 g/mol. The van der Waals surface area contributed by atoms with E-state index in [1.54, 1.807) is 0 Å². The third kappa shape index (κ3) is 4.60. The first-order valence-electron chi connectivity index (χ1n) is 8.17. The van der Waals surface area contributed by atoms with Gasteiger partial charge in [0.15, 0.2) is 0 Å². The van der Waals surface area contributed by atoms with Crippen molar-refractivity contribution in [1.29, 1.82) is 0 Å². The van der Waals surface area contributed by atoms with Crippen molar-refractivity contribution in [2.75, 3.05) is 19.6 Å². The highest BCUT2D eigenvalue weighted by molar-refractivity contribution is 5.29. The lowest BCUT2D eigenvalue weighted by molar-refractivity contribution is 0.159. The Bertz CT molecular complexity index is 414. The molecule has 0 saturated carbocycles. The van der Waals surface area contributed by atoms with Gasteiger partial charge in [0.2, 0.25) is 0 Å². The van der Waals surface area contributed by atoms with E-state index in [1.807, 2.05) is 0 Å². The number of nitrogens with one attached hydrogen (secondary N) is 1. The van der Waals surface area contributed by atoms with Crippen LogP contribution in [0.5, 0.6) is 0 Å². The van der Waals surface area contributed by atoms with E-state index in [0.29, 0.717) is 0 Å². The van der Waals surface area contributed by atoms with Crippen molar-refractivity contribution < 1.29 is 0 Å². The molecule has 112 valence electrons. The van der Waals surface area contributed by atoms with Crippen molar-refractivity contribution in [2.24, 2.45) is 0 Å². The van der Waals surface area contributed by atoms with Gasteiger partial charge < -0.3 is 10.2 Å². The number of benzene rings is 1. The second-order valence-corrected chi connectivity index (χ2v) is 6.33. The van der Waals surface area contributed by atoms with Gasteiger partial charge in [-0.05, 0) is 76.4 Å². The fourth-order valence-corrected chi connectivity index (χ4v) is 3.04. The number of hydrogen-bond donors (Lipinski definition) is 1. The van der Waals surface area contributed by atoms with E-state index in [2.05, 4.69) is 49.2 Å². The third-order valence-corrected chi connectivity index (χ3v) is 4.64. The van der Waals surface area contributed by atoms with Gasteiger partial charge in [-0.2, -0.15) is 0 Å². The van der Waals surface area contributed by atoms with Gasteiger partial charge >= 0.3 is 0 Å². The Balaban J connectivity index is 1.62. The molecule has 1 unspecified atom stereocenters. The second-order valence-electron chi connectivity index (χ2n) is 6.33. The van der Waals surface area contributed by atoms with E-state index in [9.17, 15) is 0 Å². The predicted molar refractivity (Wildman–Crippen MR) is 87.1 cm³/mol. The number of hydrogen-bond acceptors (Lipinski definition) is 2. The molecule has 0 aliphatic carbocycles. The van der Waals surface area contributed by atoms with Crippen LogP contribution >= 0.6 is 0 Å². The van der Waals surface area contributed by atoms with Crippen molar-refractivity contribution >= 4 is 0 Å². The Labute approximate surface area is 124 Å². The largest absolute Gasteiger partial charge is 0.313 e. The molecule has 1 atom stereocenters. The molecule has 2 rings (SSSR count). The zero-order chi connectivity index (χ0) is 14.4. The molecule has 0 spiro atoms. The molecule has 0 amide bonds. The summed E-state index contributed by atoms with van der Waals surface area (Å²) in [6.45, 7) is 11.4. The Hall–Kier alpha value is -0.860. The van der Waals surface area contributed by atoms with Gasteiger partial charge in [-0.3, -0.25) is 0 Å². The van der Waals surface area contributed by atoms with Crippen LogP contribution in [0, 0.1) is 13.8 Å². The maximum absolute atomic E-state index is 3.58. The minimum absolute atomic E-state index is 0.795. The number of likely N-dealkylation sites (tertiary alicyclic amines) is 1. The van der Waals surface area contributed by atoms with Gasteiger partial charge in [-0.25, -0.2) is 0 Å². The van der Waals surface area contributed by atoms with Crippen LogP contribution in [0.25, 0.3) is 0 Å². The zero-order valence-corrected chi connectivity index (χ0v) is 13.4. The van der Waals surface area contributed by atoms with E-state index < -0.39 is 0 Å². The first-order valence-corrected chi connectivity index (χ1v) is 8.17. The van der Waals surface area contributed by atoms with Gasteiger partial charge in [-0.1, -0.05) is 24.6 Å². The molecule has 1 saturated heterocycles. The molecule has 0 bridgehead atoms. The van der Waals surface area contributed by atoms with E-state index in [0.717, 1.165) is 19.1 Å². The quantitative estimate of drug-likeness (QED) is 0.796. The summed E-state index contributed by atoms with van der Waals surface area (Å²) in [6.07, 6.45) is 5.45. The fraction of sp³-hybridized carbons (Fsp3) is 0.667. The number of piperidine rings is 1. The maximum atomic E-state index is 3.58. The van der Waals surface area contributed by atoms with Crippen molar-refractivity contribution in [1.82, 2.24) is 10.2 Å². The molecule has 1 aromatic carbocycles. The molecular weight excluding hydrogens is 244 g/mol. The SMILES string of the molecule is Cc1ccc(CNCCCN2CCCCC2C)cc1C. The number of aryl methyl sites for hydroxylation is 2. The molecule has 20 heavy (non-hydrogen) atoms. The van der Waals surface area contributed by atoms with E-state index in [1.165, 1.54) is 55.5 Å². The maximum Gasteiger partial charge on any atom is 0.0205 e. The lowest BCUT2D eigenvalue weighted by Crippen LogP contribution is -2.38. The smallest absolute Gasteiger partial charge is 0.0205 e. The third-order valence-electron chi connectivity index (χ3n) is 4.64. The normalized spacial score (nSPS) is 20.2. The molecule has 0 radical (unpaired) electrons. The average molecular weight is 274 g/mol. The summed E-state index contributed by atoms with van der Waals surface area (Å²) in [6, 6.07) is 7.56. The molecule has 1 aliphatic rings. The highest BCUT2D eigenvalue weighted by Crippen LogP contribution is 2.16. The van der Waals surface area contributed by atoms with Crippen LogP contribution < -0.4 is 5.32 Å². The lowest BCUT2D eigenvalue weighted by Gasteiger charge is -2.33. The molecule has 1 heterocycles. The van der Waals surface area contributed by atoms with Crippen molar-refractivity contribution in [3.05, 3.63) is 34.9 Å². The molecule has 1 aliphatic heterocycles. The number of rotatable bonds is 6. The van der Waals surface area contributed by atoms with E-state index >= 15 is 0 Å². The fourth-order valence-electron chi connectivity index (χ4n) is 3.04. The van der Waals surface area contributed by atoms with Crippen molar-refractivity contribution in [2.45, 2.75) is 59.0 Å². The van der Waals surface area contributed by atoms with Crippen LogP contribution in [0.3, 0.4) is 0 Å². The van der Waals surface area contributed by atoms with Crippen LogP contribution in [0.2, 0.25) is 0 Å². The van der Waals surface area contributed by atoms with Crippen LogP contribution in [0.15, 0.2) is 18.2 Å². The molecule has 0 aromatic heterocycles. The minimum atomic E-state index is 0.795. The number of nitrogens with zero attached hydrogens (tertiary/aromatic N) is 1. The Kier molecular flexibility index (Phi) is 6.06. The molecule has 1 fully saturated rings. The second kappa shape index (κ2) is 7.80. The average Bonchev–Trinajstić information content (AvgIpc) is 2.44. The predicted octanol–water partition coefficient (Wildman–Crippen LogP) is 3.66. The van der Waals surface area contributed by atoms with Crippen molar-refractivity contribution in [3.8, 4) is 0 Å². The topological polar surface area (TPSA) is 15.3 Å². The summed E-state index contributed by atoms with van der Waals surface area (Å²) in [7, 11) is 0. The highest BCUT2D eigenvalue weighted by Gasteiger charge is 2.16. The molecule has 2 nitrogen and oxygen atoms in total. The van der Waals surface area contributed by atoms with Gasteiger partial charge in [0.05, 0.1) is 0 Å². The van der Waals surface area contributed by atoms with Crippen LogP contribution in [0.4, 0.5) is 0 Å². The summed E-state index contributed by atoms with van der Waals surface area (Å²) in [5.41, 5.74) is 4.18. The highest BCUT2D eigenvalue weighted by atomic mass is 15.2. The van der Waals surface area contributed by atoms with Gasteiger partial charge in [0, 0.05) is 12.6 Å². The Morgan fingerprint density at radius 1 is 1.20 bits per heavy atom. The van der Waals surface area contributed by atoms with Gasteiger partial charge in [0.25, 0.3) is 0 Å². The first-order chi connectivity index (χ1) is 9.66. The summed E-state index contributed by atoms with van der Waals surface area (Å²) in [5, 5.41) is 3.58. The first kappa shape index (κ1) is 15.5. The lowest BCUT2D eigenvalue weighted by atomic mass is 10.0.